The molecule has 1 aromatic heterocycles. The number of benzene rings is 3. The Hall–Kier alpha value is -3.90. The first-order chi connectivity index (χ1) is 22.4. The Bertz CT molecular complexity index is 1770. The molecule has 250 valence electrons. The Morgan fingerprint density at radius 2 is 1.70 bits per heavy atom. The number of nitrogens with one attached hydrogen (secondary N) is 2. The number of rotatable bonds is 15. The summed E-state index contributed by atoms with van der Waals surface area (Å²) in [5.41, 5.74) is 4.26. The summed E-state index contributed by atoms with van der Waals surface area (Å²) in [6.45, 7) is 8.43. The summed E-state index contributed by atoms with van der Waals surface area (Å²) in [7, 11) is -1.68. The van der Waals surface area contributed by atoms with Gasteiger partial charge in [-0.3, -0.25) is 9.59 Å². The molecule has 0 radical (unpaired) electrons. The molecule has 0 spiro atoms. The van der Waals surface area contributed by atoms with E-state index in [1.54, 1.807) is 55.3 Å². The molecule has 47 heavy (non-hydrogen) atoms. The monoisotopic (exact) mass is 676 g/mol. The summed E-state index contributed by atoms with van der Waals surface area (Å²) in [4.78, 5) is 33.0. The van der Waals surface area contributed by atoms with Gasteiger partial charge in [-0.25, -0.2) is 13.4 Å². The average molecular weight is 677 g/mol. The fraction of sp³-hybridized carbons (Fsp3) is 0.361. The first-order valence-corrected chi connectivity index (χ1v) is 18.3. The molecule has 0 bridgehead atoms. The molecule has 3 N–H and O–H groups in total. The van der Waals surface area contributed by atoms with E-state index in [9.17, 15) is 23.1 Å². The number of carbonyl (C=O) groups is 2. The van der Waals surface area contributed by atoms with E-state index in [1.807, 2.05) is 62.5 Å². The van der Waals surface area contributed by atoms with E-state index in [0.717, 1.165) is 27.4 Å². The number of sulfone groups is 1. The standard InChI is InChI=1S/C36H44N4O5S2/c1-6-47(44,45)31-16-27(15-30(19-31)24(2)3)20-37-21-33(41)32(17-26-11-8-7-9-12-26)39-35(42)28-13-10-14-29(18-28)36(43)40(5)22-34-38-25(4)23-46-34/h7-16,18-19,23-24,32-33,37,41H,6,17,20-22H2,1-5H3,(H,39,42)/t32-,33+/m0/s1. The van der Waals surface area contributed by atoms with Crippen molar-refractivity contribution in [1.29, 1.82) is 0 Å². The van der Waals surface area contributed by atoms with Crippen molar-refractivity contribution in [3.63, 3.8) is 0 Å². The quantitative estimate of drug-likeness (QED) is 0.159. The molecule has 9 nitrogen and oxygen atoms in total. The van der Waals surface area contributed by atoms with Crippen molar-refractivity contribution in [1.82, 2.24) is 20.5 Å². The van der Waals surface area contributed by atoms with Crippen molar-refractivity contribution in [3.05, 3.63) is 117 Å². The van der Waals surface area contributed by atoms with E-state index >= 15 is 0 Å². The zero-order valence-corrected chi connectivity index (χ0v) is 29.2. The molecule has 4 rings (SSSR count). The second-order valence-corrected chi connectivity index (χ2v) is 15.3. The number of carbonyl (C=O) groups excluding carboxylic acids is 2. The van der Waals surface area contributed by atoms with Crippen LogP contribution >= 0.6 is 11.3 Å². The third-order valence-electron chi connectivity index (χ3n) is 7.91. The third kappa shape index (κ3) is 10.0. The van der Waals surface area contributed by atoms with Crippen LogP contribution in [0.4, 0.5) is 0 Å². The number of aliphatic hydroxyl groups excluding tert-OH is 1. The topological polar surface area (TPSA) is 129 Å². The molecule has 0 aliphatic rings. The molecular weight excluding hydrogens is 633 g/mol. The van der Waals surface area contributed by atoms with E-state index in [2.05, 4.69) is 15.6 Å². The first-order valence-electron chi connectivity index (χ1n) is 15.7. The van der Waals surface area contributed by atoms with E-state index in [-0.39, 0.29) is 24.1 Å². The van der Waals surface area contributed by atoms with Crippen LogP contribution in [0.1, 0.15) is 74.8 Å². The van der Waals surface area contributed by atoms with Crippen LogP contribution < -0.4 is 10.6 Å². The van der Waals surface area contributed by atoms with Crippen molar-refractivity contribution in [3.8, 4) is 0 Å². The second-order valence-electron chi connectivity index (χ2n) is 12.1. The van der Waals surface area contributed by atoms with Gasteiger partial charge in [0, 0.05) is 42.3 Å². The van der Waals surface area contributed by atoms with Crippen molar-refractivity contribution in [2.24, 2.45) is 0 Å². The van der Waals surface area contributed by atoms with E-state index in [4.69, 9.17) is 0 Å². The maximum Gasteiger partial charge on any atom is 0.253 e. The highest BCUT2D eigenvalue weighted by atomic mass is 32.2. The van der Waals surface area contributed by atoms with Crippen LogP contribution in [0.25, 0.3) is 0 Å². The predicted molar refractivity (Wildman–Crippen MR) is 186 cm³/mol. The summed E-state index contributed by atoms with van der Waals surface area (Å²) < 4.78 is 25.3. The van der Waals surface area contributed by atoms with Gasteiger partial charge < -0.3 is 20.6 Å². The number of hydrogen-bond acceptors (Lipinski definition) is 8. The molecule has 0 aliphatic carbocycles. The van der Waals surface area contributed by atoms with Gasteiger partial charge in [-0.05, 0) is 66.3 Å². The highest BCUT2D eigenvalue weighted by molar-refractivity contribution is 7.91. The summed E-state index contributed by atoms with van der Waals surface area (Å²) in [6.07, 6.45) is -0.588. The highest BCUT2D eigenvalue weighted by Crippen LogP contribution is 2.23. The summed E-state index contributed by atoms with van der Waals surface area (Å²) in [5, 5.41) is 20.3. The van der Waals surface area contributed by atoms with Crippen LogP contribution in [-0.2, 0) is 29.3 Å². The maximum atomic E-state index is 13.5. The lowest BCUT2D eigenvalue weighted by Crippen LogP contribution is -2.48. The van der Waals surface area contributed by atoms with Gasteiger partial charge >= 0.3 is 0 Å². The Morgan fingerprint density at radius 1 is 0.979 bits per heavy atom. The average Bonchev–Trinajstić information content (AvgIpc) is 3.48. The minimum atomic E-state index is -3.38. The van der Waals surface area contributed by atoms with Crippen molar-refractivity contribution in [2.75, 3.05) is 19.3 Å². The van der Waals surface area contributed by atoms with Crippen LogP contribution in [0.2, 0.25) is 0 Å². The lowest BCUT2D eigenvalue weighted by molar-refractivity contribution is 0.0784. The van der Waals surface area contributed by atoms with Gasteiger partial charge in [0.25, 0.3) is 11.8 Å². The number of thiazole rings is 1. The SMILES string of the molecule is CCS(=O)(=O)c1cc(CNC[C@@H](O)[C@H](Cc2ccccc2)NC(=O)c2cccc(C(=O)N(C)Cc3nc(C)cs3)c2)cc(C(C)C)c1. The van der Waals surface area contributed by atoms with Crippen LogP contribution in [0.5, 0.6) is 0 Å². The largest absolute Gasteiger partial charge is 0.390 e. The number of aromatic nitrogens is 1. The number of aryl methyl sites for hydroxylation is 1. The molecular formula is C36H44N4O5S2. The van der Waals surface area contributed by atoms with Crippen LogP contribution in [0.15, 0.2) is 83.1 Å². The van der Waals surface area contributed by atoms with Crippen LogP contribution in [0, 0.1) is 6.92 Å². The van der Waals surface area contributed by atoms with E-state index < -0.39 is 27.9 Å². The van der Waals surface area contributed by atoms with Crippen molar-refractivity contribution in [2.45, 2.75) is 70.2 Å². The highest BCUT2D eigenvalue weighted by Gasteiger charge is 2.24. The molecule has 11 heteroatoms. The zero-order valence-electron chi connectivity index (χ0n) is 27.6. The zero-order chi connectivity index (χ0) is 34.1. The summed E-state index contributed by atoms with van der Waals surface area (Å²) in [5.74, 6) is -0.472. The van der Waals surface area contributed by atoms with Crippen LogP contribution in [0.3, 0.4) is 0 Å². The molecule has 2 amide bonds. The van der Waals surface area contributed by atoms with Crippen molar-refractivity contribution >= 4 is 33.0 Å². The Kier molecular flexibility index (Phi) is 12.4. The molecule has 0 fully saturated rings. The summed E-state index contributed by atoms with van der Waals surface area (Å²) >= 11 is 1.49. The van der Waals surface area contributed by atoms with Gasteiger partial charge in [0.15, 0.2) is 9.84 Å². The third-order valence-corrected chi connectivity index (χ3v) is 10.6. The lowest BCUT2D eigenvalue weighted by atomic mass is 9.99. The van der Waals surface area contributed by atoms with Gasteiger partial charge in [-0.1, -0.05) is 63.2 Å². The molecule has 0 unspecified atom stereocenters. The van der Waals surface area contributed by atoms with Gasteiger partial charge in [0.1, 0.15) is 5.01 Å². The predicted octanol–water partition coefficient (Wildman–Crippen LogP) is 5.13. The minimum absolute atomic E-state index is 0.0150. The second kappa shape index (κ2) is 16.3. The molecule has 0 saturated heterocycles. The Balaban J connectivity index is 1.46. The van der Waals surface area contributed by atoms with Crippen LogP contribution in [-0.4, -0.2) is 66.7 Å². The maximum absolute atomic E-state index is 13.5. The molecule has 0 aliphatic heterocycles. The van der Waals surface area contributed by atoms with E-state index in [1.165, 1.54) is 11.3 Å². The van der Waals surface area contributed by atoms with E-state index in [0.29, 0.717) is 35.5 Å². The smallest absolute Gasteiger partial charge is 0.253 e. The lowest BCUT2D eigenvalue weighted by Gasteiger charge is -2.25. The number of amides is 2. The molecule has 0 saturated carbocycles. The van der Waals surface area contributed by atoms with Crippen molar-refractivity contribution < 1.29 is 23.1 Å². The number of hydrogen-bond donors (Lipinski definition) is 3. The summed E-state index contributed by atoms with van der Waals surface area (Å²) in [6, 6.07) is 20.9. The minimum Gasteiger partial charge on any atom is -0.390 e. The van der Waals surface area contributed by atoms with Gasteiger partial charge in [-0.15, -0.1) is 11.3 Å². The Labute approximate surface area is 282 Å². The first kappa shape index (κ1) is 35.9. The molecule has 3 aromatic carbocycles. The number of aliphatic hydroxyl groups is 1. The fourth-order valence-corrected chi connectivity index (χ4v) is 6.95. The number of nitrogens with zero attached hydrogens (tertiary/aromatic N) is 2. The Morgan fingerprint density at radius 3 is 2.36 bits per heavy atom. The van der Waals surface area contributed by atoms with Gasteiger partial charge in [0.05, 0.1) is 29.3 Å². The molecule has 2 atom stereocenters. The fourth-order valence-electron chi connectivity index (χ4n) is 5.14. The molecule has 4 aromatic rings. The van der Waals surface area contributed by atoms with Gasteiger partial charge in [-0.2, -0.15) is 0 Å². The molecule has 1 heterocycles. The van der Waals surface area contributed by atoms with Gasteiger partial charge in [0.2, 0.25) is 0 Å². The normalized spacial score (nSPS) is 12.9.